The molecule has 0 atom stereocenters. The second-order valence-corrected chi connectivity index (χ2v) is 4.38. The molecular weight excluding hydrogens is 268 g/mol. The molecule has 0 rings (SSSR count). The standard InChI is InChI=1S/C12H24O2.C3H6.C2H4.2H2O/c1-2-3-4-5-6-7-8-9-10-11-12(13)14;1-3-2;1-2;;/h2-11H2,1H3,(H,13,14);3H,1H2,2H3;1-2H2;2*1H2. The fraction of sp³-hybridized carbons (Fsp3) is 0.706. The zero-order valence-electron chi connectivity index (χ0n) is 14.1. The highest BCUT2D eigenvalue weighted by Gasteiger charge is 1.96. The highest BCUT2D eigenvalue weighted by atomic mass is 16.4. The molecule has 0 saturated carbocycles. The Kier molecular flexibility index (Phi) is 55.4. The van der Waals surface area contributed by atoms with Crippen LogP contribution in [0, 0.1) is 0 Å². The molecule has 4 nitrogen and oxygen atoms in total. The Bertz CT molecular complexity index is 182. The van der Waals surface area contributed by atoms with Gasteiger partial charge in [-0.25, -0.2) is 0 Å². The number of aliphatic carboxylic acids is 1. The molecule has 0 fully saturated rings. The van der Waals surface area contributed by atoms with Gasteiger partial charge in [0.15, 0.2) is 0 Å². The fourth-order valence-electron chi connectivity index (χ4n) is 1.59. The molecule has 130 valence electrons. The van der Waals surface area contributed by atoms with Gasteiger partial charge in [-0.15, -0.1) is 19.7 Å². The van der Waals surface area contributed by atoms with E-state index in [0.29, 0.717) is 6.42 Å². The number of hydrogen-bond donors (Lipinski definition) is 1. The van der Waals surface area contributed by atoms with E-state index in [1.807, 2.05) is 6.92 Å². The topological polar surface area (TPSA) is 100 Å². The molecule has 0 radical (unpaired) electrons. The van der Waals surface area contributed by atoms with Gasteiger partial charge in [0, 0.05) is 6.42 Å². The molecule has 4 heteroatoms. The average molecular weight is 306 g/mol. The maximum atomic E-state index is 10.2. The lowest BCUT2D eigenvalue weighted by Gasteiger charge is -2.00. The Morgan fingerprint density at radius 2 is 1.19 bits per heavy atom. The zero-order valence-corrected chi connectivity index (χ0v) is 14.1. The van der Waals surface area contributed by atoms with Crippen molar-refractivity contribution in [3.63, 3.8) is 0 Å². The number of carbonyl (C=O) groups is 1. The first kappa shape index (κ1) is 32.0. The average Bonchev–Trinajstić information content (AvgIpc) is 2.40. The van der Waals surface area contributed by atoms with Crippen LogP contribution in [0.25, 0.3) is 0 Å². The summed E-state index contributed by atoms with van der Waals surface area (Å²) in [6.07, 6.45) is 13.2. The lowest BCUT2D eigenvalue weighted by Crippen LogP contribution is -1.93. The van der Waals surface area contributed by atoms with Crippen LogP contribution in [0.2, 0.25) is 0 Å². The van der Waals surface area contributed by atoms with Gasteiger partial charge in [-0.1, -0.05) is 64.4 Å². The van der Waals surface area contributed by atoms with Crippen LogP contribution in [-0.2, 0) is 4.79 Å². The molecule has 0 bridgehead atoms. The van der Waals surface area contributed by atoms with Crippen molar-refractivity contribution >= 4 is 5.97 Å². The van der Waals surface area contributed by atoms with E-state index in [4.69, 9.17) is 5.11 Å². The molecule has 0 saturated heterocycles. The Morgan fingerprint density at radius 1 is 0.905 bits per heavy atom. The lowest BCUT2D eigenvalue weighted by atomic mass is 10.1. The van der Waals surface area contributed by atoms with Crippen LogP contribution in [-0.4, -0.2) is 22.0 Å². The third-order valence-electron chi connectivity index (χ3n) is 2.49. The van der Waals surface area contributed by atoms with Crippen molar-refractivity contribution in [1.29, 1.82) is 0 Å². The highest BCUT2D eigenvalue weighted by molar-refractivity contribution is 5.66. The van der Waals surface area contributed by atoms with Crippen LogP contribution in [0.4, 0.5) is 0 Å². The minimum absolute atomic E-state index is 0. The first-order valence-corrected chi connectivity index (χ1v) is 7.47. The largest absolute Gasteiger partial charge is 0.481 e. The maximum Gasteiger partial charge on any atom is 0.303 e. The van der Waals surface area contributed by atoms with Gasteiger partial charge in [0.1, 0.15) is 0 Å². The van der Waals surface area contributed by atoms with E-state index in [9.17, 15) is 4.79 Å². The van der Waals surface area contributed by atoms with Crippen LogP contribution < -0.4 is 0 Å². The van der Waals surface area contributed by atoms with Crippen molar-refractivity contribution in [2.75, 3.05) is 0 Å². The monoisotopic (exact) mass is 306 g/mol. The minimum Gasteiger partial charge on any atom is -0.481 e. The highest BCUT2D eigenvalue weighted by Crippen LogP contribution is 2.10. The molecule has 5 N–H and O–H groups in total. The Morgan fingerprint density at radius 3 is 1.48 bits per heavy atom. The third-order valence-corrected chi connectivity index (χ3v) is 2.49. The Balaban J connectivity index is -0.000000108. The molecule has 0 heterocycles. The second kappa shape index (κ2) is 36.4. The van der Waals surface area contributed by atoms with E-state index in [1.165, 1.54) is 44.9 Å². The zero-order chi connectivity index (χ0) is 15.4. The Hall–Kier alpha value is -1.13. The lowest BCUT2D eigenvalue weighted by molar-refractivity contribution is -0.137. The number of carboxylic acids is 1. The van der Waals surface area contributed by atoms with Crippen molar-refractivity contribution in [3.05, 3.63) is 25.8 Å². The van der Waals surface area contributed by atoms with E-state index in [1.54, 1.807) is 6.08 Å². The summed E-state index contributed by atoms with van der Waals surface area (Å²) in [5.74, 6) is -0.659. The van der Waals surface area contributed by atoms with E-state index >= 15 is 0 Å². The number of allylic oxidation sites excluding steroid dienone is 1. The van der Waals surface area contributed by atoms with Gasteiger partial charge in [-0.2, -0.15) is 0 Å². The van der Waals surface area contributed by atoms with Gasteiger partial charge >= 0.3 is 5.97 Å². The predicted octanol–water partition coefficient (Wildman–Crippen LogP) is 4.34. The summed E-state index contributed by atoms with van der Waals surface area (Å²) >= 11 is 0. The molecule has 0 aliphatic carbocycles. The van der Waals surface area contributed by atoms with E-state index < -0.39 is 5.97 Å². The van der Waals surface area contributed by atoms with Gasteiger partial charge in [-0.05, 0) is 13.3 Å². The maximum absolute atomic E-state index is 10.2. The van der Waals surface area contributed by atoms with Crippen molar-refractivity contribution in [3.8, 4) is 0 Å². The van der Waals surface area contributed by atoms with Crippen molar-refractivity contribution in [2.24, 2.45) is 0 Å². The first-order chi connectivity index (χ1) is 9.18. The van der Waals surface area contributed by atoms with Gasteiger partial charge in [0.05, 0.1) is 0 Å². The van der Waals surface area contributed by atoms with Gasteiger partial charge < -0.3 is 16.1 Å². The van der Waals surface area contributed by atoms with Crippen molar-refractivity contribution in [1.82, 2.24) is 0 Å². The molecule has 0 aromatic heterocycles. The van der Waals surface area contributed by atoms with Crippen molar-refractivity contribution < 1.29 is 20.9 Å². The molecule has 0 aromatic rings. The van der Waals surface area contributed by atoms with Crippen LogP contribution in [0.15, 0.2) is 25.8 Å². The molecule has 0 amide bonds. The quantitative estimate of drug-likeness (QED) is 0.479. The van der Waals surface area contributed by atoms with Gasteiger partial charge in [0.2, 0.25) is 0 Å². The van der Waals surface area contributed by atoms with Crippen LogP contribution in [0.3, 0.4) is 0 Å². The number of hydrogen-bond acceptors (Lipinski definition) is 1. The van der Waals surface area contributed by atoms with Crippen LogP contribution in [0.5, 0.6) is 0 Å². The van der Waals surface area contributed by atoms with E-state index in [-0.39, 0.29) is 11.0 Å². The molecule has 0 unspecified atom stereocenters. The van der Waals surface area contributed by atoms with Crippen molar-refractivity contribution in [2.45, 2.75) is 78.1 Å². The summed E-state index contributed by atoms with van der Waals surface area (Å²) in [5.41, 5.74) is 0. The molecule has 0 spiro atoms. The smallest absolute Gasteiger partial charge is 0.303 e. The summed E-state index contributed by atoms with van der Waals surface area (Å²) in [4.78, 5) is 10.2. The summed E-state index contributed by atoms with van der Waals surface area (Å²) in [7, 11) is 0. The third kappa shape index (κ3) is 55.1. The van der Waals surface area contributed by atoms with Crippen LogP contribution in [0.1, 0.15) is 78.1 Å². The summed E-state index contributed by atoms with van der Waals surface area (Å²) in [6.45, 7) is 13.5. The Labute approximate surface area is 131 Å². The summed E-state index contributed by atoms with van der Waals surface area (Å²) in [5, 5.41) is 8.41. The number of rotatable bonds is 10. The summed E-state index contributed by atoms with van der Waals surface area (Å²) < 4.78 is 0. The molecule has 0 aliphatic heterocycles. The normalized spacial score (nSPS) is 7.71. The SMILES string of the molecule is C=C.C=CC.CCCCCCCCCCCC(=O)O.O.O. The number of carboxylic acid groups (broad SMARTS) is 1. The molecular formula is C17H38O4. The molecule has 0 aliphatic rings. The van der Waals surface area contributed by atoms with E-state index in [2.05, 4.69) is 26.7 Å². The minimum atomic E-state index is -0.659. The van der Waals surface area contributed by atoms with Gasteiger partial charge in [-0.3, -0.25) is 4.79 Å². The second-order valence-electron chi connectivity index (χ2n) is 4.38. The first-order valence-electron chi connectivity index (χ1n) is 7.47. The number of unbranched alkanes of at least 4 members (excludes halogenated alkanes) is 8. The van der Waals surface area contributed by atoms with E-state index in [0.717, 1.165) is 12.8 Å². The predicted molar refractivity (Wildman–Crippen MR) is 93.8 cm³/mol. The van der Waals surface area contributed by atoms with Crippen LogP contribution >= 0.6 is 0 Å². The molecule has 0 aromatic carbocycles. The van der Waals surface area contributed by atoms with Gasteiger partial charge in [0.25, 0.3) is 0 Å². The fourth-order valence-corrected chi connectivity index (χ4v) is 1.59. The summed E-state index contributed by atoms with van der Waals surface area (Å²) in [6, 6.07) is 0. The molecule has 21 heavy (non-hydrogen) atoms.